The Morgan fingerprint density at radius 2 is 1.84 bits per heavy atom. The van der Waals surface area contributed by atoms with E-state index < -0.39 is 0 Å². The van der Waals surface area contributed by atoms with Gasteiger partial charge in [-0.05, 0) is 42.3 Å². The van der Waals surface area contributed by atoms with Crippen molar-refractivity contribution in [2.75, 3.05) is 7.11 Å². The lowest BCUT2D eigenvalue weighted by Crippen LogP contribution is -1.98. The summed E-state index contributed by atoms with van der Waals surface area (Å²) in [6, 6.07) is 10.6. The van der Waals surface area contributed by atoms with Crippen molar-refractivity contribution in [2.24, 2.45) is 0 Å². The maximum atomic E-state index is 13.7. The van der Waals surface area contributed by atoms with Gasteiger partial charge in [0.25, 0.3) is 0 Å². The zero-order valence-corrected chi connectivity index (χ0v) is 12.3. The van der Waals surface area contributed by atoms with Crippen molar-refractivity contribution in [2.45, 2.75) is 13.5 Å². The molecular weight excluding hydrogens is 311 g/mol. The summed E-state index contributed by atoms with van der Waals surface area (Å²) in [6.07, 6.45) is 0. The van der Waals surface area contributed by atoms with Crippen molar-refractivity contribution < 1.29 is 13.9 Å². The molecule has 0 aliphatic heterocycles. The van der Waals surface area contributed by atoms with Crippen LogP contribution in [0.25, 0.3) is 0 Å². The summed E-state index contributed by atoms with van der Waals surface area (Å²) < 4.78 is 25.0. The number of rotatable bonds is 4. The van der Waals surface area contributed by atoms with Crippen molar-refractivity contribution in [1.82, 2.24) is 0 Å². The number of hydrogen-bond acceptors (Lipinski definition) is 2. The molecule has 0 fully saturated rings. The normalized spacial score (nSPS) is 10.3. The smallest absolute Gasteiger partial charge is 0.166 e. The van der Waals surface area contributed by atoms with Gasteiger partial charge < -0.3 is 9.47 Å². The van der Waals surface area contributed by atoms with Gasteiger partial charge in [-0.1, -0.05) is 28.1 Å². The third-order valence-electron chi connectivity index (χ3n) is 2.77. The molecule has 0 radical (unpaired) electrons. The van der Waals surface area contributed by atoms with Gasteiger partial charge in [0, 0.05) is 4.47 Å². The van der Waals surface area contributed by atoms with E-state index in [1.54, 1.807) is 13.2 Å². The second-order valence-electron chi connectivity index (χ2n) is 4.17. The van der Waals surface area contributed by atoms with Crippen LogP contribution in [0.2, 0.25) is 0 Å². The molecule has 2 aromatic carbocycles. The molecule has 0 saturated heterocycles. The van der Waals surface area contributed by atoms with Gasteiger partial charge in [-0.15, -0.1) is 0 Å². The Morgan fingerprint density at radius 3 is 2.47 bits per heavy atom. The Balaban J connectivity index is 2.07. The first-order valence-corrected chi connectivity index (χ1v) is 6.61. The zero-order valence-electron chi connectivity index (χ0n) is 10.7. The molecule has 2 aromatic rings. The summed E-state index contributed by atoms with van der Waals surface area (Å²) in [5, 5.41) is 0. The monoisotopic (exact) mass is 324 g/mol. The highest BCUT2D eigenvalue weighted by molar-refractivity contribution is 9.10. The molecule has 0 bridgehead atoms. The molecule has 4 heteroatoms. The van der Waals surface area contributed by atoms with Crippen LogP contribution in [0.1, 0.15) is 11.1 Å². The highest BCUT2D eigenvalue weighted by Crippen LogP contribution is 2.26. The fourth-order valence-corrected chi connectivity index (χ4v) is 1.94. The zero-order chi connectivity index (χ0) is 13.8. The molecule has 100 valence electrons. The van der Waals surface area contributed by atoms with Crippen LogP contribution < -0.4 is 9.47 Å². The third-order valence-corrected chi connectivity index (χ3v) is 3.62. The van der Waals surface area contributed by atoms with E-state index in [0.717, 1.165) is 21.3 Å². The second kappa shape index (κ2) is 6.06. The predicted molar refractivity (Wildman–Crippen MR) is 76.2 cm³/mol. The Kier molecular flexibility index (Phi) is 4.43. The van der Waals surface area contributed by atoms with Crippen LogP contribution in [-0.2, 0) is 6.61 Å². The van der Waals surface area contributed by atoms with Crippen LogP contribution in [0, 0.1) is 12.7 Å². The minimum atomic E-state index is -0.369. The number of methoxy groups -OCH3 is 1. The molecule has 19 heavy (non-hydrogen) atoms. The van der Waals surface area contributed by atoms with Crippen molar-refractivity contribution in [3.8, 4) is 11.5 Å². The molecule has 0 aliphatic carbocycles. The van der Waals surface area contributed by atoms with Crippen LogP contribution in [0.4, 0.5) is 4.39 Å². The summed E-state index contributed by atoms with van der Waals surface area (Å²) in [7, 11) is 1.62. The minimum Gasteiger partial charge on any atom is -0.497 e. The van der Waals surface area contributed by atoms with Gasteiger partial charge in [-0.2, -0.15) is 0 Å². The van der Waals surface area contributed by atoms with E-state index in [-0.39, 0.29) is 11.6 Å². The van der Waals surface area contributed by atoms with Crippen LogP contribution >= 0.6 is 15.9 Å². The molecule has 0 heterocycles. The van der Waals surface area contributed by atoms with E-state index in [4.69, 9.17) is 9.47 Å². The maximum Gasteiger partial charge on any atom is 0.166 e. The van der Waals surface area contributed by atoms with Crippen LogP contribution in [0.15, 0.2) is 40.9 Å². The summed E-state index contributed by atoms with van der Waals surface area (Å²) in [5.74, 6) is 0.678. The lowest BCUT2D eigenvalue weighted by Gasteiger charge is -2.09. The van der Waals surface area contributed by atoms with E-state index in [1.807, 2.05) is 31.2 Å². The molecule has 2 nitrogen and oxygen atoms in total. The average Bonchev–Trinajstić information content (AvgIpc) is 2.42. The molecule has 0 atom stereocenters. The molecule has 0 unspecified atom stereocenters. The van der Waals surface area contributed by atoms with Crippen molar-refractivity contribution >= 4 is 15.9 Å². The van der Waals surface area contributed by atoms with Gasteiger partial charge >= 0.3 is 0 Å². The van der Waals surface area contributed by atoms with Gasteiger partial charge in [0.15, 0.2) is 11.6 Å². The largest absolute Gasteiger partial charge is 0.497 e. The Morgan fingerprint density at radius 1 is 1.16 bits per heavy atom. The van der Waals surface area contributed by atoms with Gasteiger partial charge in [0.1, 0.15) is 12.4 Å². The highest BCUT2D eigenvalue weighted by Gasteiger charge is 2.07. The standard InChI is InChI=1S/C15H14BrFO2/c1-10-7-15(14(17)8-13(10)16)19-9-11-3-5-12(18-2)6-4-11/h3-8H,9H2,1-2H3. The van der Waals surface area contributed by atoms with Crippen LogP contribution in [0.3, 0.4) is 0 Å². The van der Waals surface area contributed by atoms with Crippen molar-refractivity contribution in [1.29, 1.82) is 0 Å². The SMILES string of the molecule is COc1ccc(COc2cc(C)c(Br)cc2F)cc1. The molecule has 0 aromatic heterocycles. The summed E-state index contributed by atoms with van der Waals surface area (Å²) in [5.41, 5.74) is 1.90. The Labute approximate surface area is 120 Å². The fraction of sp³-hybridized carbons (Fsp3) is 0.200. The van der Waals surface area contributed by atoms with E-state index in [2.05, 4.69) is 15.9 Å². The lowest BCUT2D eigenvalue weighted by atomic mass is 10.2. The van der Waals surface area contributed by atoms with Crippen LogP contribution in [0.5, 0.6) is 11.5 Å². The minimum absolute atomic E-state index is 0.261. The predicted octanol–water partition coefficient (Wildman–Crippen LogP) is 4.48. The first kappa shape index (κ1) is 13.9. The summed E-state index contributed by atoms with van der Waals surface area (Å²) in [4.78, 5) is 0. The third kappa shape index (κ3) is 3.47. The van der Waals surface area contributed by atoms with E-state index in [1.165, 1.54) is 6.07 Å². The Bertz CT molecular complexity index is 567. The van der Waals surface area contributed by atoms with Gasteiger partial charge in [-0.25, -0.2) is 4.39 Å². The quantitative estimate of drug-likeness (QED) is 0.825. The number of benzene rings is 2. The molecule has 0 aliphatic rings. The number of hydrogen-bond donors (Lipinski definition) is 0. The van der Waals surface area contributed by atoms with E-state index >= 15 is 0 Å². The molecule has 0 saturated carbocycles. The van der Waals surface area contributed by atoms with E-state index in [0.29, 0.717) is 6.61 Å². The molecule has 0 amide bonds. The topological polar surface area (TPSA) is 18.5 Å². The van der Waals surface area contributed by atoms with Crippen molar-refractivity contribution in [3.63, 3.8) is 0 Å². The number of aryl methyl sites for hydroxylation is 1. The lowest BCUT2D eigenvalue weighted by molar-refractivity contribution is 0.290. The number of halogens is 2. The van der Waals surface area contributed by atoms with Gasteiger partial charge in [0.2, 0.25) is 0 Å². The van der Waals surface area contributed by atoms with Gasteiger partial charge in [-0.3, -0.25) is 0 Å². The fourth-order valence-electron chi connectivity index (χ4n) is 1.62. The maximum absolute atomic E-state index is 13.7. The van der Waals surface area contributed by atoms with Crippen LogP contribution in [-0.4, -0.2) is 7.11 Å². The average molecular weight is 325 g/mol. The van der Waals surface area contributed by atoms with Gasteiger partial charge in [0.05, 0.1) is 7.11 Å². The highest BCUT2D eigenvalue weighted by atomic mass is 79.9. The summed E-state index contributed by atoms with van der Waals surface area (Å²) >= 11 is 3.28. The number of ether oxygens (including phenoxy) is 2. The first-order chi connectivity index (χ1) is 9.10. The molecule has 0 spiro atoms. The Hall–Kier alpha value is -1.55. The second-order valence-corrected chi connectivity index (χ2v) is 5.02. The van der Waals surface area contributed by atoms with E-state index in [9.17, 15) is 4.39 Å². The first-order valence-electron chi connectivity index (χ1n) is 5.81. The summed E-state index contributed by atoms with van der Waals surface area (Å²) in [6.45, 7) is 2.21. The molecular formula is C15H14BrFO2. The van der Waals surface area contributed by atoms with Crippen molar-refractivity contribution in [3.05, 3.63) is 57.8 Å². The molecule has 0 N–H and O–H groups in total. The molecule has 2 rings (SSSR count).